The van der Waals surface area contributed by atoms with Gasteiger partial charge in [0, 0.05) is 40.1 Å². The highest BCUT2D eigenvalue weighted by Crippen LogP contribution is 2.42. The summed E-state index contributed by atoms with van der Waals surface area (Å²) in [4.78, 5) is 42.2. The molecule has 32 heavy (non-hydrogen) atoms. The van der Waals surface area contributed by atoms with Gasteiger partial charge in [-0.2, -0.15) is 0 Å². The SMILES string of the molecule is [B]NC(=O)c1ccc(N2C(=O)c3cccc4c5c(cc(c34)C2=O)C[N+](C)(C)CN5C)cc1. The largest absolute Gasteiger partial charge is 0.405 e. The highest BCUT2D eigenvalue weighted by atomic mass is 16.2. The zero-order valence-corrected chi connectivity index (χ0v) is 18.2. The maximum Gasteiger partial charge on any atom is 0.266 e. The van der Waals surface area contributed by atoms with E-state index in [1.807, 2.05) is 25.2 Å². The van der Waals surface area contributed by atoms with Crippen LogP contribution in [0.1, 0.15) is 36.6 Å². The number of nitrogens with one attached hydrogen (secondary N) is 1. The van der Waals surface area contributed by atoms with Crippen molar-refractivity contribution in [1.82, 2.24) is 5.23 Å². The molecule has 0 saturated carbocycles. The number of quaternary nitrogens is 1. The van der Waals surface area contributed by atoms with E-state index in [2.05, 4.69) is 24.2 Å². The Bertz CT molecular complexity index is 1320. The van der Waals surface area contributed by atoms with Crippen molar-refractivity contribution in [2.24, 2.45) is 0 Å². The third kappa shape index (κ3) is 2.91. The molecule has 8 heteroatoms. The van der Waals surface area contributed by atoms with Crippen LogP contribution in [0.2, 0.25) is 0 Å². The zero-order valence-electron chi connectivity index (χ0n) is 18.2. The maximum absolute atomic E-state index is 13.6. The Balaban J connectivity index is 1.69. The summed E-state index contributed by atoms with van der Waals surface area (Å²) >= 11 is 0. The zero-order chi connectivity index (χ0) is 22.8. The monoisotopic (exact) mass is 425 g/mol. The Labute approximate surface area is 187 Å². The quantitative estimate of drug-likeness (QED) is 0.389. The van der Waals surface area contributed by atoms with Crippen molar-refractivity contribution in [3.63, 3.8) is 0 Å². The van der Waals surface area contributed by atoms with Crippen LogP contribution >= 0.6 is 0 Å². The molecular formula is C24H22BN4O3+. The molecule has 2 heterocycles. The Hall–Kier alpha value is -3.65. The molecule has 0 aliphatic carbocycles. The molecule has 3 aromatic rings. The summed E-state index contributed by atoms with van der Waals surface area (Å²) < 4.78 is 0.773. The van der Waals surface area contributed by atoms with Crippen LogP contribution in [-0.2, 0) is 6.54 Å². The average Bonchev–Trinajstić information content (AvgIpc) is 2.76. The van der Waals surface area contributed by atoms with Gasteiger partial charge in [-0.15, -0.1) is 0 Å². The minimum Gasteiger partial charge on any atom is -0.405 e. The van der Waals surface area contributed by atoms with E-state index in [1.54, 1.807) is 18.2 Å². The number of benzene rings is 3. The summed E-state index contributed by atoms with van der Waals surface area (Å²) in [6.45, 7) is 1.62. The third-order valence-electron chi connectivity index (χ3n) is 6.17. The molecule has 1 N–H and O–H groups in total. The molecule has 2 aliphatic heterocycles. The number of anilines is 2. The van der Waals surface area contributed by atoms with Crippen molar-refractivity contribution in [3.8, 4) is 0 Å². The molecule has 0 atom stereocenters. The molecule has 0 saturated heterocycles. The molecule has 7 nitrogen and oxygen atoms in total. The Morgan fingerprint density at radius 2 is 1.72 bits per heavy atom. The normalized spacial score (nSPS) is 16.8. The predicted octanol–water partition coefficient (Wildman–Crippen LogP) is 2.44. The van der Waals surface area contributed by atoms with Gasteiger partial charge in [-0.25, -0.2) is 4.90 Å². The van der Waals surface area contributed by atoms with Crippen LogP contribution in [0.3, 0.4) is 0 Å². The van der Waals surface area contributed by atoms with Crippen LogP contribution in [-0.4, -0.2) is 58.0 Å². The number of hydrogen-bond acceptors (Lipinski definition) is 4. The number of rotatable bonds is 2. The summed E-state index contributed by atoms with van der Waals surface area (Å²) in [6, 6.07) is 13.8. The molecule has 2 radical (unpaired) electrons. The Morgan fingerprint density at radius 1 is 1.03 bits per heavy atom. The lowest BCUT2D eigenvalue weighted by molar-refractivity contribution is -0.904. The van der Waals surface area contributed by atoms with Gasteiger partial charge in [0.1, 0.15) is 6.54 Å². The van der Waals surface area contributed by atoms with Gasteiger partial charge in [0.2, 0.25) is 13.9 Å². The maximum atomic E-state index is 13.6. The topological polar surface area (TPSA) is 69.7 Å². The molecule has 0 unspecified atom stereocenters. The number of nitrogens with zero attached hydrogens (tertiary/aromatic N) is 3. The van der Waals surface area contributed by atoms with Gasteiger partial charge in [0.15, 0.2) is 6.67 Å². The van der Waals surface area contributed by atoms with Gasteiger partial charge < -0.3 is 14.6 Å². The van der Waals surface area contributed by atoms with Crippen LogP contribution in [0.5, 0.6) is 0 Å². The summed E-state index contributed by atoms with van der Waals surface area (Å²) in [5.74, 6) is -1.19. The first kappa shape index (κ1) is 20.3. The number of carbonyl (C=O) groups excluding carboxylic acids is 3. The number of imide groups is 1. The molecule has 3 aromatic carbocycles. The van der Waals surface area contributed by atoms with Gasteiger partial charge in [-0.05, 0) is 36.4 Å². The number of hydrogen-bond donors (Lipinski definition) is 1. The highest BCUT2D eigenvalue weighted by molar-refractivity contribution is 6.36. The smallest absolute Gasteiger partial charge is 0.266 e. The number of amides is 3. The van der Waals surface area contributed by atoms with Gasteiger partial charge in [0.05, 0.1) is 25.5 Å². The first-order valence-corrected chi connectivity index (χ1v) is 10.3. The van der Waals surface area contributed by atoms with Gasteiger partial charge in [-0.3, -0.25) is 14.4 Å². The Kier molecular flexibility index (Phi) is 4.39. The van der Waals surface area contributed by atoms with E-state index >= 15 is 0 Å². The van der Waals surface area contributed by atoms with E-state index in [0.29, 0.717) is 27.8 Å². The van der Waals surface area contributed by atoms with Crippen molar-refractivity contribution in [2.75, 3.05) is 37.6 Å². The first-order chi connectivity index (χ1) is 15.2. The lowest BCUT2D eigenvalue weighted by atomic mass is 9.89. The van der Waals surface area contributed by atoms with Crippen molar-refractivity contribution in [2.45, 2.75) is 6.54 Å². The summed E-state index contributed by atoms with van der Waals surface area (Å²) in [5.41, 5.74) is 3.93. The van der Waals surface area contributed by atoms with Crippen LogP contribution in [0, 0.1) is 0 Å². The minimum absolute atomic E-state index is 0.341. The van der Waals surface area contributed by atoms with Crippen molar-refractivity contribution in [3.05, 3.63) is 70.8 Å². The highest BCUT2D eigenvalue weighted by Gasteiger charge is 2.38. The van der Waals surface area contributed by atoms with Gasteiger partial charge in [-0.1, -0.05) is 12.1 Å². The molecule has 0 aromatic heterocycles. The average molecular weight is 425 g/mol. The van der Waals surface area contributed by atoms with E-state index in [4.69, 9.17) is 7.98 Å². The molecule has 5 rings (SSSR count). The second-order valence-corrected chi connectivity index (χ2v) is 9.06. The van der Waals surface area contributed by atoms with Crippen LogP contribution in [0.4, 0.5) is 11.4 Å². The van der Waals surface area contributed by atoms with Crippen LogP contribution < -0.4 is 15.0 Å². The number of carbonyl (C=O) groups is 3. The fourth-order valence-corrected chi connectivity index (χ4v) is 5.01. The van der Waals surface area contributed by atoms with Gasteiger partial charge in [0.25, 0.3) is 11.8 Å². The minimum atomic E-state index is -0.445. The molecule has 2 aliphatic rings. The van der Waals surface area contributed by atoms with Crippen LogP contribution in [0.25, 0.3) is 10.8 Å². The fourth-order valence-electron chi connectivity index (χ4n) is 5.01. The fraction of sp³-hybridized carbons (Fsp3) is 0.208. The van der Waals surface area contributed by atoms with Crippen molar-refractivity contribution < 1.29 is 18.9 Å². The van der Waals surface area contributed by atoms with E-state index in [9.17, 15) is 14.4 Å². The summed E-state index contributed by atoms with van der Waals surface area (Å²) in [7, 11) is 11.5. The lowest BCUT2D eigenvalue weighted by Crippen LogP contribution is -2.50. The second kappa shape index (κ2) is 6.93. The van der Waals surface area contributed by atoms with E-state index in [-0.39, 0.29) is 11.8 Å². The van der Waals surface area contributed by atoms with E-state index in [0.717, 1.165) is 34.3 Å². The summed E-state index contributed by atoms with van der Waals surface area (Å²) in [5, 5.41) is 3.70. The molecule has 0 bridgehead atoms. The lowest BCUT2D eigenvalue weighted by Gasteiger charge is -2.41. The van der Waals surface area contributed by atoms with Crippen LogP contribution in [0.15, 0.2) is 48.5 Å². The van der Waals surface area contributed by atoms with Crippen molar-refractivity contribution in [1.29, 1.82) is 0 Å². The molecule has 0 fully saturated rings. The second-order valence-electron chi connectivity index (χ2n) is 9.06. The third-order valence-corrected chi connectivity index (χ3v) is 6.17. The Morgan fingerprint density at radius 3 is 2.41 bits per heavy atom. The molecule has 0 spiro atoms. The number of fused-ring (bicyclic) bond motifs is 2. The molecule has 3 amide bonds. The predicted molar refractivity (Wildman–Crippen MR) is 124 cm³/mol. The molecule has 158 valence electrons. The van der Waals surface area contributed by atoms with E-state index in [1.165, 1.54) is 17.0 Å². The van der Waals surface area contributed by atoms with E-state index < -0.39 is 5.91 Å². The van der Waals surface area contributed by atoms with Crippen molar-refractivity contribution >= 4 is 47.8 Å². The first-order valence-electron chi connectivity index (χ1n) is 10.3. The summed E-state index contributed by atoms with van der Waals surface area (Å²) in [6.07, 6.45) is 0. The standard InChI is InChI=1S/C24H22BN4O3/c1-27-13-29(2,3)12-15-11-19-20-17(21(15)27)5-4-6-18(20)23(31)28(24(19)32)16-9-7-14(8-10-16)22(30)26-25/h4-11H,12-13H2,1-3H3,(H,26,30)/q+1. The molecular weight excluding hydrogens is 403 g/mol. The van der Waals surface area contributed by atoms with Gasteiger partial charge >= 0.3 is 0 Å².